The van der Waals surface area contributed by atoms with Gasteiger partial charge in [-0.3, -0.25) is 4.79 Å². The van der Waals surface area contributed by atoms with Crippen molar-refractivity contribution < 1.29 is 19.0 Å². The zero-order valence-corrected chi connectivity index (χ0v) is 7.25. The molecule has 0 aromatic rings. The average Bonchev–Trinajstić information content (AvgIpc) is 2.00. The molecule has 0 aromatic heterocycles. The highest BCUT2D eigenvalue weighted by Crippen LogP contribution is 2.07. The van der Waals surface area contributed by atoms with Crippen molar-refractivity contribution in [2.24, 2.45) is 5.92 Å². The van der Waals surface area contributed by atoms with Gasteiger partial charge in [-0.15, -0.1) is 0 Å². The monoisotopic (exact) mass is 178 g/mol. The first-order valence-electron chi connectivity index (χ1n) is 4.02. The van der Waals surface area contributed by atoms with E-state index in [1.54, 1.807) is 0 Å². The van der Waals surface area contributed by atoms with Crippen LogP contribution in [0.5, 0.6) is 0 Å². The van der Waals surface area contributed by atoms with Gasteiger partial charge in [-0.1, -0.05) is 6.92 Å². The summed E-state index contributed by atoms with van der Waals surface area (Å²) in [5.74, 6) is -0.547. The van der Waals surface area contributed by atoms with Gasteiger partial charge in [0.25, 0.3) is 0 Å². The molecule has 0 amide bonds. The fraction of sp³-hybridized carbons (Fsp3) is 0.875. The summed E-state index contributed by atoms with van der Waals surface area (Å²) in [6.07, 6.45) is 1.58. The van der Waals surface area contributed by atoms with Gasteiger partial charge in [0.15, 0.2) is 6.86 Å². The first kappa shape index (κ1) is 11.4. The molecule has 0 spiro atoms. The van der Waals surface area contributed by atoms with Crippen molar-refractivity contribution in [3.05, 3.63) is 0 Å². The van der Waals surface area contributed by atoms with E-state index in [-0.39, 0.29) is 12.3 Å². The largest absolute Gasteiger partial charge is 0.481 e. The number of carboxylic acid groups (broad SMARTS) is 1. The smallest absolute Gasteiger partial charge is 0.303 e. The molecule has 1 unspecified atom stereocenters. The lowest BCUT2D eigenvalue weighted by molar-refractivity contribution is -0.137. The summed E-state index contributed by atoms with van der Waals surface area (Å²) in [6, 6.07) is 0. The lowest BCUT2D eigenvalue weighted by Gasteiger charge is -2.08. The molecule has 1 N–H and O–H groups in total. The zero-order chi connectivity index (χ0) is 9.40. The molecule has 0 aliphatic rings. The van der Waals surface area contributed by atoms with Gasteiger partial charge in [-0.05, 0) is 18.8 Å². The molecular weight excluding hydrogens is 163 g/mol. The van der Waals surface area contributed by atoms with Crippen LogP contribution in [0.4, 0.5) is 4.39 Å². The van der Waals surface area contributed by atoms with E-state index in [9.17, 15) is 9.18 Å². The molecular formula is C8H15FO3. The maximum atomic E-state index is 11.5. The van der Waals surface area contributed by atoms with Crippen molar-refractivity contribution in [2.75, 3.05) is 13.5 Å². The highest BCUT2D eigenvalue weighted by Gasteiger charge is 2.03. The van der Waals surface area contributed by atoms with Crippen LogP contribution < -0.4 is 0 Å². The molecule has 1 atom stereocenters. The summed E-state index contributed by atoms with van der Waals surface area (Å²) in [7, 11) is 0. The highest BCUT2D eigenvalue weighted by molar-refractivity contribution is 5.66. The third kappa shape index (κ3) is 7.47. The lowest BCUT2D eigenvalue weighted by Crippen LogP contribution is -2.06. The van der Waals surface area contributed by atoms with Gasteiger partial charge >= 0.3 is 5.97 Å². The molecule has 72 valence electrons. The van der Waals surface area contributed by atoms with Gasteiger partial charge in [0.2, 0.25) is 0 Å². The van der Waals surface area contributed by atoms with E-state index in [0.717, 1.165) is 6.42 Å². The van der Waals surface area contributed by atoms with E-state index in [1.807, 2.05) is 6.92 Å². The molecule has 4 heteroatoms. The van der Waals surface area contributed by atoms with Crippen LogP contribution in [0.2, 0.25) is 0 Å². The minimum Gasteiger partial charge on any atom is -0.481 e. The van der Waals surface area contributed by atoms with Gasteiger partial charge in [-0.25, -0.2) is 4.39 Å². The molecule has 0 saturated heterocycles. The molecule has 0 radical (unpaired) electrons. The Morgan fingerprint density at radius 3 is 2.83 bits per heavy atom. The van der Waals surface area contributed by atoms with Crippen molar-refractivity contribution in [1.29, 1.82) is 0 Å². The number of rotatable bonds is 7. The number of carboxylic acids is 1. The molecule has 0 heterocycles. The van der Waals surface area contributed by atoms with Gasteiger partial charge in [-0.2, -0.15) is 0 Å². The van der Waals surface area contributed by atoms with E-state index in [4.69, 9.17) is 5.11 Å². The van der Waals surface area contributed by atoms with Crippen molar-refractivity contribution in [3.63, 3.8) is 0 Å². The molecule has 0 aliphatic heterocycles. The topological polar surface area (TPSA) is 46.5 Å². The maximum Gasteiger partial charge on any atom is 0.303 e. The van der Waals surface area contributed by atoms with Crippen molar-refractivity contribution >= 4 is 5.97 Å². The molecule has 0 aromatic carbocycles. The van der Waals surface area contributed by atoms with Crippen molar-refractivity contribution in [2.45, 2.75) is 26.2 Å². The summed E-state index contributed by atoms with van der Waals surface area (Å²) >= 11 is 0. The number of hydrogen-bond acceptors (Lipinski definition) is 2. The highest BCUT2D eigenvalue weighted by atomic mass is 19.1. The van der Waals surface area contributed by atoms with Crippen LogP contribution in [0.1, 0.15) is 26.2 Å². The third-order valence-corrected chi connectivity index (χ3v) is 1.57. The number of halogens is 1. The van der Waals surface area contributed by atoms with Crippen LogP contribution in [-0.4, -0.2) is 24.5 Å². The Labute approximate surface area is 71.5 Å². The van der Waals surface area contributed by atoms with Crippen LogP contribution in [0.15, 0.2) is 0 Å². The molecule has 0 fully saturated rings. The molecule has 3 nitrogen and oxygen atoms in total. The van der Waals surface area contributed by atoms with Crippen molar-refractivity contribution in [1.82, 2.24) is 0 Å². The van der Waals surface area contributed by atoms with Gasteiger partial charge in [0, 0.05) is 6.42 Å². The molecule has 0 bridgehead atoms. The van der Waals surface area contributed by atoms with E-state index in [2.05, 4.69) is 4.74 Å². The minimum atomic E-state index is -0.784. The quantitative estimate of drug-likeness (QED) is 0.646. The third-order valence-electron chi connectivity index (χ3n) is 1.57. The Hall–Kier alpha value is -0.640. The van der Waals surface area contributed by atoms with Crippen LogP contribution in [-0.2, 0) is 9.53 Å². The Morgan fingerprint density at radius 2 is 2.33 bits per heavy atom. The first-order valence-corrected chi connectivity index (χ1v) is 4.02. The number of aliphatic carboxylic acids is 1. The van der Waals surface area contributed by atoms with Crippen LogP contribution >= 0.6 is 0 Å². The summed E-state index contributed by atoms with van der Waals surface area (Å²) in [5.41, 5.74) is 0. The number of carbonyl (C=O) groups is 1. The van der Waals surface area contributed by atoms with E-state index < -0.39 is 12.8 Å². The minimum absolute atomic E-state index is 0.181. The zero-order valence-electron chi connectivity index (χ0n) is 7.25. The number of hydrogen-bond donors (Lipinski definition) is 1. The van der Waals surface area contributed by atoms with Gasteiger partial charge in [0.1, 0.15) is 0 Å². The van der Waals surface area contributed by atoms with E-state index in [0.29, 0.717) is 13.0 Å². The summed E-state index contributed by atoms with van der Waals surface area (Å²) in [4.78, 5) is 10.1. The standard InChI is InChI=1S/C8H15FO3/c1-7(5-12-6-9)3-2-4-8(10)11/h7H,2-6H2,1H3,(H,10,11). The van der Waals surface area contributed by atoms with Crippen molar-refractivity contribution in [3.8, 4) is 0 Å². The summed E-state index contributed by atoms with van der Waals surface area (Å²) in [5, 5.41) is 8.31. The van der Waals surface area contributed by atoms with E-state index >= 15 is 0 Å². The molecule has 0 rings (SSSR count). The Kier molecular flexibility index (Phi) is 6.66. The molecule has 0 saturated carbocycles. The second-order valence-corrected chi connectivity index (χ2v) is 2.87. The lowest BCUT2D eigenvalue weighted by atomic mass is 10.1. The SMILES string of the molecule is CC(CCCC(=O)O)COCF. The van der Waals surface area contributed by atoms with Crippen LogP contribution in [0.25, 0.3) is 0 Å². The maximum absolute atomic E-state index is 11.5. The Bertz CT molecular complexity index is 127. The van der Waals surface area contributed by atoms with Crippen LogP contribution in [0, 0.1) is 5.92 Å². The summed E-state index contributed by atoms with van der Waals surface area (Å²) in [6.45, 7) is 1.52. The second-order valence-electron chi connectivity index (χ2n) is 2.87. The second kappa shape index (κ2) is 7.03. The fourth-order valence-corrected chi connectivity index (χ4v) is 0.931. The molecule has 12 heavy (non-hydrogen) atoms. The fourth-order valence-electron chi connectivity index (χ4n) is 0.931. The Morgan fingerprint density at radius 1 is 1.67 bits per heavy atom. The predicted octanol–water partition coefficient (Wildman–Crippen LogP) is 1.82. The van der Waals surface area contributed by atoms with E-state index in [1.165, 1.54) is 0 Å². The normalized spacial score (nSPS) is 12.8. The van der Waals surface area contributed by atoms with Gasteiger partial charge < -0.3 is 9.84 Å². The molecule has 0 aliphatic carbocycles. The predicted molar refractivity (Wildman–Crippen MR) is 42.6 cm³/mol. The first-order chi connectivity index (χ1) is 5.66. The number of alkyl halides is 1. The van der Waals surface area contributed by atoms with Crippen LogP contribution in [0.3, 0.4) is 0 Å². The average molecular weight is 178 g/mol. The number of ether oxygens (including phenoxy) is 1. The van der Waals surface area contributed by atoms with Gasteiger partial charge in [0.05, 0.1) is 6.61 Å². The summed E-state index contributed by atoms with van der Waals surface area (Å²) < 4.78 is 16.0. The Balaban J connectivity index is 3.19.